The quantitative estimate of drug-likeness (QED) is 0.634. The van der Waals surface area contributed by atoms with Crippen molar-refractivity contribution in [3.8, 4) is 0 Å². The highest BCUT2D eigenvalue weighted by Crippen LogP contribution is 2.25. The van der Waals surface area contributed by atoms with Gasteiger partial charge in [-0.3, -0.25) is 4.79 Å². The molecule has 0 bridgehead atoms. The van der Waals surface area contributed by atoms with Crippen molar-refractivity contribution in [2.75, 3.05) is 32.1 Å². The summed E-state index contributed by atoms with van der Waals surface area (Å²) in [4.78, 5) is 36.6. The zero-order chi connectivity index (χ0) is 17.9. The molecule has 0 unspecified atom stereocenters. The van der Waals surface area contributed by atoms with Gasteiger partial charge in [-0.15, -0.1) is 0 Å². The van der Waals surface area contributed by atoms with Crippen molar-refractivity contribution in [1.82, 2.24) is 4.90 Å². The minimum atomic E-state index is -1.39. The standard InChI is InChI=1S/C15H15FN2O6/c1-24-15(23)10-7-18(4-5-19)13(20)12(10)17-11-3-2-8(16)6-9(11)14(21)22/h2-3,6,17,19H,4-5,7H2,1H3,(H,21,22). The third-order valence-corrected chi connectivity index (χ3v) is 3.43. The number of carbonyl (C=O) groups excluding carboxylic acids is 2. The Kier molecular flexibility index (Phi) is 5.14. The average molecular weight is 338 g/mol. The van der Waals surface area contributed by atoms with Gasteiger partial charge in [0, 0.05) is 6.54 Å². The number of nitrogens with zero attached hydrogens (tertiary/aromatic N) is 1. The Bertz CT molecular complexity index is 731. The van der Waals surface area contributed by atoms with E-state index in [1.807, 2.05) is 0 Å². The van der Waals surface area contributed by atoms with Crippen LogP contribution in [-0.4, -0.2) is 59.8 Å². The molecular formula is C15H15FN2O6. The monoisotopic (exact) mass is 338 g/mol. The predicted octanol–water partition coefficient (Wildman–Crippen LogP) is 0.197. The summed E-state index contributed by atoms with van der Waals surface area (Å²) in [5, 5.41) is 20.7. The van der Waals surface area contributed by atoms with Crippen molar-refractivity contribution < 1.29 is 33.7 Å². The topological polar surface area (TPSA) is 116 Å². The molecule has 1 aliphatic heterocycles. The lowest BCUT2D eigenvalue weighted by Gasteiger charge is -2.15. The fourth-order valence-electron chi connectivity index (χ4n) is 2.29. The number of esters is 1. The van der Waals surface area contributed by atoms with Crippen LogP contribution in [0, 0.1) is 5.82 Å². The molecule has 1 aliphatic rings. The highest BCUT2D eigenvalue weighted by molar-refractivity contribution is 6.09. The molecule has 0 radical (unpaired) electrons. The summed E-state index contributed by atoms with van der Waals surface area (Å²) in [5.74, 6) is -3.50. The van der Waals surface area contributed by atoms with Crippen molar-refractivity contribution in [3.05, 3.63) is 40.8 Å². The molecule has 0 atom stereocenters. The molecule has 128 valence electrons. The predicted molar refractivity (Wildman–Crippen MR) is 79.7 cm³/mol. The van der Waals surface area contributed by atoms with E-state index in [1.165, 1.54) is 4.90 Å². The molecule has 0 fully saturated rings. The molecule has 1 aromatic rings. The minimum Gasteiger partial charge on any atom is -0.478 e. The van der Waals surface area contributed by atoms with Gasteiger partial charge in [-0.05, 0) is 18.2 Å². The van der Waals surface area contributed by atoms with Crippen LogP contribution in [0.3, 0.4) is 0 Å². The van der Waals surface area contributed by atoms with E-state index in [2.05, 4.69) is 10.1 Å². The molecule has 0 saturated carbocycles. The maximum absolute atomic E-state index is 13.2. The van der Waals surface area contributed by atoms with Gasteiger partial charge in [0.2, 0.25) is 0 Å². The largest absolute Gasteiger partial charge is 0.478 e. The summed E-state index contributed by atoms with van der Waals surface area (Å²) >= 11 is 0. The van der Waals surface area contributed by atoms with E-state index in [-0.39, 0.29) is 42.2 Å². The molecule has 1 heterocycles. The van der Waals surface area contributed by atoms with Crippen molar-refractivity contribution in [3.63, 3.8) is 0 Å². The van der Waals surface area contributed by atoms with Crippen LogP contribution in [-0.2, 0) is 14.3 Å². The van der Waals surface area contributed by atoms with E-state index in [4.69, 9.17) is 10.2 Å². The fourth-order valence-corrected chi connectivity index (χ4v) is 2.29. The first-order valence-corrected chi connectivity index (χ1v) is 6.90. The van der Waals surface area contributed by atoms with Crippen LogP contribution in [0.5, 0.6) is 0 Å². The van der Waals surface area contributed by atoms with Gasteiger partial charge in [0.15, 0.2) is 0 Å². The van der Waals surface area contributed by atoms with Crippen LogP contribution < -0.4 is 5.32 Å². The number of carboxylic acid groups (broad SMARTS) is 1. The molecule has 2 rings (SSSR count). The normalized spacial score (nSPS) is 14.1. The molecule has 0 saturated heterocycles. The number of rotatable bonds is 6. The van der Waals surface area contributed by atoms with Crippen molar-refractivity contribution in [2.24, 2.45) is 0 Å². The van der Waals surface area contributed by atoms with E-state index in [0.717, 1.165) is 25.3 Å². The molecule has 9 heteroatoms. The fraction of sp³-hybridized carbons (Fsp3) is 0.267. The van der Waals surface area contributed by atoms with Crippen LogP contribution in [0.1, 0.15) is 10.4 Å². The SMILES string of the molecule is COC(=O)C1=C(Nc2ccc(F)cc2C(=O)O)C(=O)N(CCO)C1. The van der Waals surface area contributed by atoms with Crippen LogP contribution in [0.15, 0.2) is 29.5 Å². The van der Waals surface area contributed by atoms with Crippen LogP contribution in [0.2, 0.25) is 0 Å². The van der Waals surface area contributed by atoms with Gasteiger partial charge in [-0.2, -0.15) is 0 Å². The number of anilines is 1. The number of halogens is 1. The van der Waals surface area contributed by atoms with Crippen molar-refractivity contribution in [1.29, 1.82) is 0 Å². The van der Waals surface area contributed by atoms with E-state index in [1.54, 1.807) is 0 Å². The summed E-state index contributed by atoms with van der Waals surface area (Å²) < 4.78 is 17.9. The van der Waals surface area contributed by atoms with Gasteiger partial charge in [0.05, 0.1) is 37.1 Å². The summed E-state index contributed by atoms with van der Waals surface area (Å²) in [6, 6.07) is 2.98. The summed E-state index contributed by atoms with van der Waals surface area (Å²) in [5.41, 5.74) is -0.597. The Morgan fingerprint density at radius 1 is 1.42 bits per heavy atom. The summed E-state index contributed by atoms with van der Waals surface area (Å²) in [7, 11) is 1.15. The van der Waals surface area contributed by atoms with Crippen LogP contribution >= 0.6 is 0 Å². The van der Waals surface area contributed by atoms with E-state index >= 15 is 0 Å². The number of amides is 1. The Morgan fingerprint density at radius 3 is 2.71 bits per heavy atom. The Morgan fingerprint density at radius 2 is 2.12 bits per heavy atom. The number of carboxylic acids is 1. The number of hydrogen-bond donors (Lipinski definition) is 3. The van der Waals surface area contributed by atoms with Gasteiger partial charge < -0.3 is 25.2 Å². The van der Waals surface area contributed by atoms with Gasteiger partial charge >= 0.3 is 11.9 Å². The van der Waals surface area contributed by atoms with Crippen LogP contribution in [0.4, 0.5) is 10.1 Å². The second kappa shape index (κ2) is 7.09. The maximum atomic E-state index is 13.2. The van der Waals surface area contributed by atoms with Crippen molar-refractivity contribution in [2.45, 2.75) is 0 Å². The third-order valence-electron chi connectivity index (χ3n) is 3.43. The van der Waals surface area contributed by atoms with Gasteiger partial charge in [-0.25, -0.2) is 14.0 Å². The van der Waals surface area contributed by atoms with Gasteiger partial charge in [0.25, 0.3) is 5.91 Å². The number of aromatic carboxylic acids is 1. The van der Waals surface area contributed by atoms with Crippen molar-refractivity contribution >= 4 is 23.5 Å². The minimum absolute atomic E-state index is 0.000285. The highest BCUT2D eigenvalue weighted by atomic mass is 19.1. The molecule has 0 aliphatic carbocycles. The van der Waals surface area contributed by atoms with E-state index in [0.29, 0.717) is 0 Å². The Balaban J connectivity index is 2.43. The Labute approximate surface area is 136 Å². The zero-order valence-electron chi connectivity index (χ0n) is 12.7. The molecule has 8 nitrogen and oxygen atoms in total. The second-order valence-electron chi connectivity index (χ2n) is 4.92. The number of aliphatic hydroxyl groups is 1. The number of carbonyl (C=O) groups is 3. The number of aliphatic hydroxyl groups excluding tert-OH is 1. The smallest absolute Gasteiger partial charge is 0.337 e. The van der Waals surface area contributed by atoms with E-state index in [9.17, 15) is 18.8 Å². The maximum Gasteiger partial charge on any atom is 0.337 e. The number of β-amino-alcohol motifs (C(OH)–C–C–N with tert-alkyl or cyclic N) is 1. The van der Waals surface area contributed by atoms with E-state index < -0.39 is 23.7 Å². The average Bonchev–Trinajstić information content (AvgIpc) is 2.85. The molecule has 1 amide bonds. The first-order valence-electron chi connectivity index (χ1n) is 6.90. The van der Waals surface area contributed by atoms with Gasteiger partial charge in [-0.1, -0.05) is 0 Å². The molecule has 0 spiro atoms. The number of benzene rings is 1. The number of ether oxygens (including phenoxy) is 1. The molecule has 3 N–H and O–H groups in total. The molecule has 24 heavy (non-hydrogen) atoms. The Hall–Kier alpha value is -2.94. The lowest BCUT2D eigenvalue weighted by molar-refractivity contribution is -0.136. The lowest BCUT2D eigenvalue weighted by atomic mass is 10.1. The highest BCUT2D eigenvalue weighted by Gasteiger charge is 2.35. The first-order chi connectivity index (χ1) is 11.4. The number of nitrogens with one attached hydrogen (secondary N) is 1. The number of methoxy groups -OCH3 is 1. The lowest BCUT2D eigenvalue weighted by Crippen LogP contribution is -2.31. The first kappa shape index (κ1) is 17.4. The molecule has 0 aromatic heterocycles. The molecule has 1 aromatic carbocycles. The zero-order valence-corrected chi connectivity index (χ0v) is 12.7. The summed E-state index contributed by atoms with van der Waals surface area (Å²) in [6.07, 6.45) is 0. The van der Waals surface area contributed by atoms with Crippen LogP contribution in [0.25, 0.3) is 0 Å². The number of hydrogen-bond acceptors (Lipinski definition) is 6. The third kappa shape index (κ3) is 3.35. The van der Waals surface area contributed by atoms with Gasteiger partial charge in [0.1, 0.15) is 11.5 Å². The molecular weight excluding hydrogens is 323 g/mol. The second-order valence-corrected chi connectivity index (χ2v) is 4.92. The summed E-state index contributed by atoms with van der Waals surface area (Å²) in [6.45, 7) is -0.387.